The second-order valence-corrected chi connectivity index (χ2v) is 7.35. The maximum absolute atomic E-state index is 13.3. The summed E-state index contributed by atoms with van der Waals surface area (Å²) in [5, 5.41) is 4.32. The predicted molar refractivity (Wildman–Crippen MR) is 111 cm³/mol. The number of aromatic nitrogens is 2. The van der Waals surface area contributed by atoms with Crippen LogP contribution in [0.15, 0.2) is 54.9 Å². The average Bonchev–Trinajstić information content (AvgIpc) is 3.51. The third kappa shape index (κ3) is 4.11. The van der Waals surface area contributed by atoms with Gasteiger partial charge in [0.25, 0.3) is 5.91 Å². The van der Waals surface area contributed by atoms with E-state index >= 15 is 0 Å². The summed E-state index contributed by atoms with van der Waals surface area (Å²) in [5.41, 5.74) is 3.64. The van der Waals surface area contributed by atoms with E-state index < -0.39 is 0 Å². The van der Waals surface area contributed by atoms with E-state index in [1.165, 1.54) is 0 Å². The Kier molecular flexibility index (Phi) is 5.25. The Bertz CT molecular complexity index is 1010. The van der Waals surface area contributed by atoms with E-state index in [2.05, 4.69) is 5.10 Å². The van der Waals surface area contributed by atoms with Crippen molar-refractivity contribution in [2.75, 3.05) is 14.2 Å². The first-order valence-electron chi connectivity index (χ1n) is 9.72. The van der Waals surface area contributed by atoms with Crippen LogP contribution < -0.4 is 9.47 Å². The number of benzene rings is 2. The molecule has 0 N–H and O–H groups in total. The zero-order chi connectivity index (χ0) is 20.4. The minimum absolute atomic E-state index is 0.0283. The van der Waals surface area contributed by atoms with E-state index in [1.807, 2.05) is 71.4 Å². The molecule has 3 aromatic rings. The third-order valence-corrected chi connectivity index (χ3v) is 5.17. The van der Waals surface area contributed by atoms with Crippen molar-refractivity contribution >= 4 is 5.91 Å². The van der Waals surface area contributed by atoms with Crippen LogP contribution in [0, 0.1) is 6.92 Å². The zero-order valence-corrected chi connectivity index (χ0v) is 17.0. The van der Waals surface area contributed by atoms with Gasteiger partial charge in [-0.15, -0.1) is 0 Å². The molecule has 1 aliphatic rings. The average molecular weight is 391 g/mol. The summed E-state index contributed by atoms with van der Waals surface area (Å²) in [6.07, 6.45) is 5.84. The summed E-state index contributed by atoms with van der Waals surface area (Å²) in [4.78, 5) is 15.2. The van der Waals surface area contributed by atoms with Gasteiger partial charge in [-0.25, -0.2) is 4.68 Å². The molecule has 1 aliphatic carbocycles. The molecule has 150 valence electrons. The molecule has 1 amide bonds. The van der Waals surface area contributed by atoms with Gasteiger partial charge in [-0.05, 0) is 67.8 Å². The van der Waals surface area contributed by atoms with Crippen molar-refractivity contribution in [3.8, 4) is 17.2 Å². The molecule has 0 saturated heterocycles. The molecule has 6 heteroatoms. The van der Waals surface area contributed by atoms with E-state index in [1.54, 1.807) is 14.2 Å². The van der Waals surface area contributed by atoms with Crippen LogP contribution in [0.25, 0.3) is 5.69 Å². The van der Waals surface area contributed by atoms with Gasteiger partial charge < -0.3 is 14.4 Å². The van der Waals surface area contributed by atoms with Crippen molar-refractivity contribution in [1.29, 1.82) is 0 Å². The van der Waals surface area contributed by atoms with Crippen molar-refractivity contribution in [2.45, 2.75) is 32.4 Å². The van der Waals surface area contributed by atoms with Gasteiger partial charge >= 0.3 is 0 Å². The normalized spacial score (nSPS) is 13.2. The molecule has 0 radical (unpaired) electrons. The van der Waals surface area contributed by atoms with E-state index in [0.717, 1.165) is 41.2 Å². The fourth-order valence-corrected chi connectivity index (χ4v) is 3.42. The van der Waals surface area contributed by atoms with Crippen molar-refractivity contribution in [2.24, 2.45) is 0 Å². The number of carbonyl (C=O) groups excluding carboxylic acids is 1. The topological polar surface area (TPSA) is 56.6 Å². The minimum Gasteiger partial charge on any atom is -0.497 e. The first-order valence-corrected chi connectivity index (χ1v) is 9.72. The molecule has 2 aromatic carbocycles. The van der Waals surface area contributed by atoms with Gasteiger partial charge in [-0.2, -0.15) is 5.10 Å². The smallest absolute Gasteiger partial charge is 0.254 e. The van der Waals surface area contributed by atoms with Gasteiger partial charge in [0.1, 0.15) is 11.5 Å². The lowest BCUT2D eigenvalue weighted by Gasteiger charge is -2.24. The summed E-state index contributed by atoms with van der Waals surface area (Å²) in [7, 11) is 3.28. The number of carbonyl (C=O) groups is 1. The number of amides is 1. The molecule has 0 aliphatic heterocycles. The van der Waals surface area contributed by atoms with Crippen molar-refractivity contribution < 1.29 is 14.3 Å². The summed E-state index contributed by atoms with van der Waals surface area (Å²) < 4.78 is 12.7. The van der Waals surface area contributed by atoms with Crippen LogP contribution in [-0.4, -0.2) is 40.8 Å². The maximum atomic E-state index is 13.3. The van der Waals surface area contributed by atoms with Crippen LogP contribution in [0.4, 0.5) is 0 Å². The first-order chi connectivity index (χ1) is 14.1. The van der Waals surface area contributed by atoms with Gasteiger partial charge in [0, 0.05) is 23.4 Å². The number of aryl methyl sites for hydroxylation is 1. The Balaban J connectivity index is 1.57. The summed E-state index contributed by atoms with van der Waals surface area (Å²) in [6, 6.07) is 13.5. The maximum Gasteiger partial charge on any atom is 0.254 e. The molecule has 1 aromatic heterocycles. The van der Waals surface area contributed by atoms with Crippen LogP contribution in [0.1, 0.15) is 34.3 Å². The molecule has 6 nitrogen and oxygen atoms in total. The van der Waals surface area contributed by atoms with Gasteiger partial charge in [-0.1, -0.05) is 0 Å². The van der Waals surface area contributed by atoms with E-state index in [-0.39, 0.29) is 11.9 Å². The second kappa shape index (κ2) is 7.99. The minimum atomic E-state index is 0.0283. The fraction of sp³-hybridized carbons (Fsp3) is 0.304. The second-order valence-electron chi connectivity index (χ2n) is 7.35. The van der Waals surface area contributed by atoms with Gasteiger partial charge in [0.05, 0.1) is 32.6 Å². The highest BCUT2D eigenvalue weighted by molar-refractivity contribution is 5.94. The number of ether oxygens (including phenoxy) is 2. The predicted octanol–water partition coefficient (Wildman–Crippen LogP) is 4.00. The molecule has 0 atom stereocenters. The molecule has 0 unspecified atom stereocenters. The Labute approximate surface area is 170 Å². The Morgan fingerprint density at radius 3 is 2.48 bits per heavy atom. The summed E-state index contributed by atoms with van der Waals surface area (Å²) in [6.45, 7) is 2.49. The quantitative estimate of drug-likeness (QED) is 0.611. The number of hydrogen-bond donors (Lipinski definition) is 0. The van der Waals surface area contributed by atoms with Crippen molar-refractivity contribution in [3.05, 3.63) is 71.5 Å². The number of rotatable bonds is 7. The van der Waals surface area contributed by atoms with E-state index in [9.17, 15) is 4.79 Å². The van der Waals surface area contributed by atoms with Gasteiger partial charge in [-0.3, -0.25) is 4.79 Å². The molecular formula is C23H25N3O3. The van der Waals surface area contributed by atoms with Crippen LogP contribution in [-0.2, 0) is 6.54 Å². The summed E-state index contributed by atoms with van der Waals surface area (Å²) in [5.74, 6) is 1.54. The molecule has 0 bridgehead atoms. The van der Waals surface area contributed by atoms with E-state index in [4.69, 9.17) is 9.47 Å². The number of methoxy groups -OCH3 is 2. The molecule has 0 spiro atoms. The van der Waals surface area contributed by atoms with Crippen molar-refractivity contribution in [3.63, 3.8) is 0 Å². The van der Waals surface area contributed by atoms with Crippen LogP contribution in [0.2, 0.25) is 0 Å². The molecule has 1 saturated carbocycles. The van der Waals surface area contributed by atoms with Crippen molar-refractivity contribution in [1.82, 2.24) is 14.7 Å². The van der Waals surface area contributed by atoms with Gasteiger partial charge in [0.15, 0.2) is 0 Å². The highest BCUT2D eigenvalue weighted by Gasteiger charge is 2.33. The molecule has 29 heavy (non-hydrogen) atoms. The fourth-order valence-electron chi connectivity index (χ4n) is 3.42. The van der Waals surface area contributed by atoms with Crippen LogP contribution in [0.3, 0.4) is 0 Å². The van der Waals surface area contributed by atoms with Crippen LogP contribution >= 0.6 is 0 Å². The lowest BCUT2D eigenvalue weighted by molar-refractivity contribution is 0.0728. The molecular weight excluding hydrogens is 366 g/mol. The number of hydrogen-bond acceptors (Lipinski definition) is 4. The highest BCUT2D eigenvalue weighted by Crippen LogP contribution is 2.33. The third-order valence-electron chi connectivity index (χ3n) is 5.17. The standard InChI is InChI=1S/C23H25N3O3/c1-16-13-24-26(14-16)20-6-4-17(5-7-20)23(27)25(19-8-9-19)15-18-12-21(28-2)10-11-22(18)29-3/h4-7,10-14,19H,8-9,15H2,1-3H3. The molecule has 1 fully saturated rings. The monoisotopic (exact) mass is 391 g/mol. The Hall–Kier alpha value is -3.28. The Morgan fingerprint density at radius 1 is 1.14 bits per heavy atom. The largest absolute Gasteiger partial charge is 0.497 e. The highest BCUT2D eigenvalue weighted by atomic mass is 16.5. The van der Waals surface area contributed by atoms with Crippen LogP contribution in [0.5, 0.6) is 11.5 Å². The zero-order valence-electron chi connectivity index (χ0n) is 17.0. The lowest BCUT2D eigenvalue weighted by Crippen LogP contribution is -2.32. The van der Waals surface area contributed by atoms with E-state index in [0.29, 0.717) is 12.1 Å². The summed E-state index contributed by atoms with van der Waals surface area (Å²) >= 11 is 0. The SMILES string of the molecule is COc1ccc(OC)c(CN(C(=O)c2ccc(-n3cc(C)cn3)cc2)C2CC2)c1. The molecule has 4 rings (SSSR count). The number of nitrogens with zero attached hydrogens (tertiary/aromatic N) is 3. The Morgan fingerprint density at radius 2 is 1.90 bits per heavy atom. The lowest BCUT2D eigenvalue weighted by atomic mass is 10.1. The first kappa shape index (κ1) is 19.1. The molecule has 1 heterocycles. The van der Waals surface area contributed by atoms with Gasteiger partial charge in [0.2, 0.25) is 0 Å².